The van der Waals surface area contributed by atoms with Crippen LogP contribution in [0.1, 0.15) is 18.5 Å². The maximum atomic E-state index is 12.4. The van der Waals surface area contributed by atoms with Crippen LogP contribution < -0.4 is 14.8 Å². The topological polar surface area (TPSA) is 81.5 Å². The molecule has 1 aromatic heterocycles. The number of carbonyl (C=O) groups is 1. The molecule has 3 rings (SSSR count). The van der Waals surface area contributed by atoms with Gasteiger partial charge in [0.2, 0.25) is 0 Å². The van der Waals surface area contributed by atoms with Crippen LogP contribution in [0.3, 0.4) is 0 Å². The molecule has 0 saturated heterocycles. The highest BCUT2D eigenvalue weighted by Gasteiger charge is 2.17. The Kier molecular flexibility index (Phi) is 6.67. The summed E-state index contributed by atoms with van der Waals surface area (Å²) in [5.74, 6) is 1.50. The molecular weight excluding hydrogens is 370 g/mol. The van der Waals surface area contributed by atoms with Gasteiger partial charge in [0.25, 0.3) is 0 Å². The average molecular weight is 395 g/mol. The summed E-state index contributed by atoms with van der Waals surface area (Å²) >= 11 is 0. The summed E-state index contributed by atoms with van der Waals surface area (Å²) in [5, 5.41) is 6.98. The molecule has 0 aliphatic heterocycles. The quantitative estimate of drug-likeness (QED) is 0.593. The summed E-state index contributed by atoms with van der Waals surface area (Å²) in [6.45, 7) is 2.78. The summed E-state index contributed by atoms with van der Waals surface area (Å²) in [5.41, 5.74) is 1.95. The molecule has 8 nitrogen and oxygen atoms in total. The van der Waals surface area contributed by atoms with Crippen molar-refractivity contribution < 1.29 is 14.3 Å². The highest BCUT2D eigenvalue weighted by Crippen LogP contribution is 2.20. The number of aromatic nitrogens is 3. The van der Waals surface area contributed by atoms with Gasteiger partial charge in [-0.3, -0.25) is 0 Å². The summed E-state index contributed by atoms with van der Waals surface area (Å²) < 4.78 is 12.4. The van der Waals surface area contributed by atoms with Gasteiger partial charge < -0.3 is 19.7 Å². The first-order valence-corrected chi connectivity index (χ1v) is 9.31. The van der Waals surface area contributed by atoms with Gasteiger partial charge in [0, 0.05) is 7.05 Å². The molecular formula is C21H25N5O3. The van der Waals surface area contributed by atoms with E-state index in [1.807, 2.05) is 55.5 Å². The summed E-state index contributed by atoms with van der Waals surface area (Å²) in [4.78, 5) is 18.0. The number of hydrogen-bond acceptors (Lipinski definition) is 5. The predicted molar refractivity (Wildman–Crippen MR) is 109 cm³/mol. The lowest BCUT2D eigenvalue weighted by atomic mass is 10.1. The fraction of sp³-hybridized carbons (Fsp3) is 0.286. The average Bonchev–Trinajstić information content (AvgIpc) is 3.31. The van der Waals surface area contributed by atoms with Gasteiger partial charge in [-0.15, -0.1) is 0 Å². The van der Waals surface area contributed by atoms with Gasteiger partial charge in [-0.05, 0) is 48.9 Å². The lowest BCUT2D eigenvalue weighted by molar-refractivity contribution is 0.191. The molecule has 0 bridgehead atoms. The number of nitrogens with zero attached hydrogens (tertiary/aromatic N) is 4. The molecule has 152 valence electrons. The molecule has 0 spiro atoms. The van der Waals surface area contributed by atoms with Gasteiger partial charge in [0.15, 0.2) is 0 Å². The van der Waals surface area contributed by atoms with Crippen molar-refractivity contribution >= 4 is 6.03 Å². The zero-order valence-electron chi connectivity index (χ0n) is 16.8. The normalized spacial score (nSPS) is 11.6. The molecule has 8 heteroatoms. The van der Waals surface area contributed by atoms with Crippen molar-refractivity contribution in [2.75, 3.05) is 27.3 Å². The molecule has 1 unspecified atom stereocenters. The van der Waals surface area contributed by atoms with Gasteiger partial charge in [0.05, 0.1) is 25.4 Å². The van der Waals surface area contributed by atoms with Crippen LogP contribution in [0.5, 0.6) is 11.5 Å². The lowest BCUT2D eigenvalue weighted by Crippen LogP contribution is -2.40. The number of hydrogen-bond donors (Lipinski definition) is 1. The largest absolute Gasteiger partial charge is 0.497 e. The Hall–Kier alpha value is -3.55. The van der Waals surface area contributed by atoms with E-state index in [1.54, 1.807) is 30.1 Å². The minimum atomic E-state index is -0.156. The smallest absolute Gasteiger partial charge is 0.317 e. The van der Waals surface area contributed by atoms with E-state index in [4.69, 9.17) is 9.47 Å². The number of benzene rings is 2. The first-order valence-electron chi connectivity index (χ1n) is 9.31. The monoisotopic (exact) mass is 395 g/mol. The van der Waals surface area contributed by atoms with E-state index in [-0.39, 0.29) is 12.1 Å². The second-order valence-corrected chi connectivity index (χ2v) is 6.47. The Morgan fingerprint density at radius 1 is 1.14 bits per heavy atom. The third-order valence-corrected chi connectivity index (χ3v) is 4.67. The van der Waals surface area contributed by atoms with Crippen LogP contribution in [-0.4, -0.2) is 53.0 Å². The molecule has 0 radical (unpaired) electrons. The fourth-order valence-corrected chi connectivity index (χ4v) is 2.77. The molecule has 0 aliphatic carbocycles. The molecule has 2 aromatic carbocycles. The molecule has 1 N–H and O–H groups in total. The molecule has 0 fully saturated rings. The Bertz CT molecular complexity index is 895. The van der Waals surface area contributed by atoms with Crippen LogP contribution in [0.15, 0.2) is 61.2 Å². The van der Waals surface area contributed by atoms with Gasteiger partial charge in [-0.1, -0.05) is 12.1 Å². The van der Waals surface area contributed by atoms with Crippen LogP contribution in [-0.2, 0) is 0 Å². The first kappa shape index (κ1) is 20.2. The number of nitrogens with one attached hydrogen (secondary N) is 1. The zero-order valence-corrected chi connectivity index (χ0v) is 16.8. The Balaban J connectivity index is 1.46. The van der Waals surface area contributed by atoms with E-state index in [9.17, 15) is 4.79 Å². The van der Waals surface area contributed by atoms with E-state index in [2.05, 4.69) is 15.4 Å². The van der Waals surface area contributed by atoms with Crippen LogP contribution in [0, 0.1) is 0 Å². The van der Waals surface area contributed by atoms with E-state index in [1.165, 1.54) is 6.33 Å². The third kappa shape index (κ3) is 5.25. The van der Waals surface area contributed by atoms with Gasteiger partial charge in [-0.2, -0.15) is 5.10 Å². The maximum Gasteiger partial charge on any atom is 0.317 e. The Morgan fingerprint density at radius 2 is 1.83 bits per heavy atom. The standard InChI is InChI=1S/C21H25N5O3/c1-16(17-4-6-18(7-5-17)26-15-22-14-24-26)25(2)21(27)23-12-13-29-20-10-8-19(28-3)9-11-20/h4-11,14-16H,12-13H2,1-3H3,(H,23,27). The molecule has 29 heavy (non-hydrogen) atoms. The minimum Gasteiger partial charge on any atom is -0.497 e. The van der Waals surface area contributed by atoms with Crippen molar-refractivity contribution in [2.45, 2.75) is 13.0 Å². The molecule has 0 aliphatic rings. The van der Waals surface area contributed by atoms with E-state index < -0.39 is 0 Å². The van der Waals surface area contributed by atoms with Crippen molar-refractivity contribution in [3.05, 3.63) is 66.7 Å². The van der Waals surface area contributed by atoms with Crippen LogP contribution in [0.25, 0.3) is 5.69 Å². The predicted octanol–water partition coefficient (Wildman–Crippen LogP) is 3.06. The fourth-order valence-electron chi connectivity index (χ4n) is 2.77. The SMILES string of the molecule is COc1ccc(OCCNC(=O)N(C)C(C)c2ccc(-n3cncn3)cc2)cc1. The van der Waals surface area contributed by atoms with E-state index in [0.717, 1.165) is 22.7 Å². The second-order valence-electron chi connectivity index (χ2n) is 6.47. The Morgan fingerprint density at radius 3 is 2.45 bits per heavy atom. The summed E-state index contributed by atoms with van der Waals surface area (Å²) in [6, 6.07) is 15.0. The van der Waals surface area contributed by atoms with Crippen molar-refractivity contribution in [1.29, 1.82) is 0 Å². The third-order valence-electron chi connectivity index (χ3n) is 4.67. The zero-order chi connectivity index (χ0) is 20.6. The van der Waals surface area contributed by atoms with Crippen molar-refractivity contribution in [1.82, 2.24) is 25.0 Å². The molecule has 1 heterocycles. The van der Waals surface area contributed by atoms with Crippen molar-refractivity contribution in [3.63, 3.8) is 0 Å². The maximum absolute atomic E-state index is 12.4. The molecule has 2 amide bonds. The lowest BCUT2D eigenvalue weighted by Gasteiger charge is -2.25. The van der Waals surface area contributed by atoms with Gasteiger partial charge in [0.1, 0.15) is 30.8 Å². The summed E-state index contributed by atoms with van der Waals surface area (Å²) in [6.07, 6.45) is 3.14. The number of methoxy groups -OCH3 is 1. The number of carbonyl (C=O) groups excluding carboxylic acids is 1. The van der Waals surface area contributed by atoms with Gasteiger partial charge in [-0.25, -0.2) is 14.5 Å². The highest BCUT2D eigenvalue weighted by molar-refractivity contribution is 5.74. The highest BCUT2D eigenvalue weighted by atomic mass is 16.5. The molecule has 3 aromatic rings. The molecule has 0 saturated carbocycles. The van der Waals surface area contributed by atoms with Crippen LogP contribution in [0.4, 0.5) is 4.79 Å². The van der Waals surface area contributed by atoms with Gasteiger partial charge >= 0.3 is 6.03 Å². The Labute approximate surface area is 170 Å². The molecule has 1 atom stereocenters. The van der Waals surface area contributed by atoms with E-state index in [0.29, 0.717) is 13.2 Å². The van der Waals surface area contributed by atoms with Crippen LogP contribution >= 0.6 is 0 Å². The summed E-state index contributed by atoms with van der Waals surface area (Å²) in [7, 11) is 3.39. The number of amides is 2. The van der Waals surface area contributed by atoms with E-state index >= 15 is 0 Å². The number of urea groups is 1. The van der Waals surface area contributed by atoms with Crippen LogP contribution in [0.2, 0.25) is 0 Å². The first-order chi connectivity index (χ1) is 14.1. The second kappa shape index (κ2) is 9.59. The minimum absolute atomic E-state index is 0.0812. The number of rotatable bonds is 8. The number of ether oxygens (including phenoxy) is 2. The van der Waals surface area contributed by atoms with Crippen molar-refractivity contribution in [3.8, 4) is 17.2 Å². The van der Waals surface area contributed by atoms with Crippen molar-refractivity contribution in [2.24, 2.45) is 0 Å².